The number of imidazole rings is 1. The summed E-state index contributed by atoms with van der Waals surface area (Å²) in [5, 5.41) is 12.2. The Morgan fingerprint density at radius 1 is 1.14 bits per heavy atom. The normalized spacial score (nSPS) is 16.9. The highest BCUT2D eigenvalue weighted by Crippen LogP contribution is 2.39. The van der Waals surface area contributed by atoms with E-state index in [-0.39, 0.29) is 47.6 Å². The Kier molecular flexibility index (Phi) is 6.27. The summed E-state index contributed by atoms with van der Waals surface area (Å²) in [5.74, 6) is 0.0617. The summed E-state index contributed by atoms with van der Waals surface area (Å²) in [6, 6.07) is 13.3. The fraction of sp³-hybridized carbons (Fsp3) is 0.308. The van der Waals surface area contributed by atoms with E-state index in [2.05, 4.69) is 15.3 Å². The summed E-state index contributed by atoms with van der Waals surface area (Å²) in [4.78, 5) is 45.6. The van der Waals surface area contributed by atoms with Crippen molar-refractivity contribution in [3.8, 4) is 0 Å². The molecule has 9 nitrogen and oxygen atoms in total. The van der Waals surface area contributed by atoms with Crippen LogP contribution in [0.25, 0.3) is 11.2 Å². The third-order valence-corrected chi connectivity index (χ3v) is 6.56. The van der Waals surface area contributed by atoms with Gasteiger partial charge in [-0.25, -0.2) is 14.2 Å². The Bertz CT molecular complexity index is 1550. The van der Waals surface area contributed by atoms with E-state index in [9.17, 15) is 23.9 Å². The van der Waals surface area contributed by atoms with E-state index in [0.29, 0.717) is 24.5 Å². The van der Waals surface area contributed by atoms with Crippen molar-refractivity contribution in [1.82, 2.24) is 19.1 Å². The number of anilines is 1. The molecule has 5 rings (SSSR count). The molecule has 2 atom stereocenters. The first-order chi connectivity index (χ1) is 17.3. The Labute approximate surface area is 205 Å². The molecule has 10 heteroatoms. The van der Waals surface area contributed by atoms with Crippen molar-refractivity contribution < 1.29 is 14.3 Å². The largest absolute Gasteiger partial charge is 0.396 e. The van der Waals surface area contributed by atoms with Gasteiger partial charge in [-0.2, -0.15) is 0 Å². The van der Waals surface area contributed by atoms with Gasteiger partial charge in [-0.1, -0.05) is 30.3 Å². The number of rotatable bonds is 8. The van der Waals surface area contributed by atoms with Gasteiger partial charge in [-0.15, -0.1) is 0 Å². The van der Waals surface area contributed by atoms with Crippen LogP contribution in [0.5, 0.6) is 0 Å². The molecule has 0 aliphatic heterocycles. The smallest absolute Gasteiger partial charge is 0.333 e. The van der Waals surface area contributed by atoms with E-state index >= 15 is 0 Å². The Morgan fingerprint density at radius 2 is 1.89 bits per heavy atom. The maximum atomic E-state index is 14.3. The number of aromatic amines is 1. The fourth-order valence-electron chi connectivity index (χ4n) is 4.49. The van der Waals surface area contributed by atoms with E-state index < -0.39 is 17.1 Å². The molecular formula is C26H26FN5O4. The minimum absolute atomic E-state index is 0.0394. The second kappa shape index (κ2) is 9.54. The zero-order chi connectivity index (χ0) is 25.4. The minimum atomic E-state index is -0.566. The first kappa shape index (κ1) is 23.7. The van der Waals surface area contributed by atoms with E-state index in [1.807, 2.05) is 12.1 Å². The van der Waals surface area contributed by atoms with E-state index in [1.165, 1.54) is 17.6 Å². The molecule has 0 radical (unpaired) electrons. The number of carbonyl (C=O) groups is 1. The summed E-state index contributed by atoms with van der Waals surface area (Å²) >= 11 is 0. The molecule has 36 heavy (non-hydrogen) atoms. The van der Waals surface area contributed by atoms with Crippen LogP contribution in [0, 0.1) is 17.7 Å². The van der Waals surface area contributed by atoms with Crippen molar-refractivity contribution in [2.75, 3.05) is 11.9 Å². The number of nitrogens with zero attached hydrogens (tertiary/aromatic N) is 3. The number of aliphatic hydroxyl groups excluding tert-OH is 1. The third-order valence-electron chi connectivity index (χ3n) is 6.56. The van der Waals surface area contributed by atoms with Crippen molar-refractivity contribution in [2.45, 2.75) is 32.9 Å². The highest BCUT2D eigenvalue weighted by Gasteiger charge is 2.37. The molecule has 1 amide bonds. The van der Waals surface area contributed by atoms with Crippen LogP contribution in [-0.2, 0) is 24.3 Å². The highest BCUT2D eigenvalue weighted by molar-refractivity contribution is 5.88. The summed E-state index contributed by atoms with van der Waals surface area (Å²) < 4.78 is 16.8. The SMILES string of the molecule is CC(=O)Nc1ccc(Cc2nc3c([nH]2)c(=O)n(Cc2ccccc2F)c(=O)n3CC2CC2CO)cc1. The second-order valence-electron chi connectivity index (χ2n) is 9.25. The fourth-order valence-corrected chi connectivity index (χ4v) is 4.49. The minimum Gasteiger partial charge on any atom is -0.396 e. The lowest BCUT2D eigenvalue weighted by Gasteiger charge is -2.11. The molecule has 1 aliphatic rings. The number of amides is 1. The molecule has 2 heterocycles. The van der Waals surface area contributed by atoms with Crippen LogP contribution in [0.15, 0.2) is 58.1 Å². The van der Waals surface area contributed by atoms with Crippen molar-refractivity contribution in [3.63, 3.8) is 0 Å². The van der Waals surface area contributed by atoms with Gasteiger partial charge in [0.2, 0.25) is 5.91 Å². The first-order valence-electron chi connectivity index (χ1n) is 11.8. The molecule has 186 valence electrons. The Morgan fingerprint density at radius 3 is 2.56 bits per heavy atom. The molecule has 1 saturated carbocycles. The number of benzene rings is 2. The molecule has 1 aliphatic carbocycles. The molecule has 0 bridgehead atoms. The average molecular weight is 492 g/mol. The predicted molar refractivity (Wildman–Crippen MR) is 132 cm³/mol. The lowest BCUT2D eigenvalue weighted by molar-refractivity contribution is -0.114. The second-order valence-corrected chi connectivity index (χ2v) is 9.25. The summed E-state index contributed by atoms with van der Waals surface area (Å²) in [5.41, 5.74) is 1.11. The highest BCUT2D eigenvalue weighted by atomic mass is 19.1. The molecule has 0 saturated heterocycles. The lowest BCUT2D eigenvalue weighted by Crippen LogP contribution is -2.41. The molecule has 3 N–H and O–H groups in total. The number of nitrogens with one attached hydrogen (secondary N) is 2. The van der Waals surface area contributed by atoms with Crippen LogP contribution in [-0.4, -0.2) is 36.7 Å². The number of aromatic nitrogens is 4. The van der Waals surface area contributed by atoms with Crippen LogP contribution in [0.3, 0.4) is 0 Å². The van der Waals surface area contributed by atoms with Gasteiger partial charge < -0.3 is 15.4 Å². The maximum Gasteiger partial charge on any atom is 0.333 e. The van der Waals surface area contributed by atoms with Crippen LogP contribution in [0.2, 0.25) is 0 Å². The molecule has 0 spiro atoms. The van der Waals surface area contributed by atoms with Crippen molar-refractivity contribution in [3.05, 3.63) is 92.1 Å². The summed E-state index contributed by atoms with van der Waals surface area (Å²) in [7, 11) is 0. The lowest BCUT2D eigenvalue weighted by atomic mass is 10.1. The number of halogens is 1. The number of aliphatic hydroxyl groups is 1. The predicted octanol–water partition coefficient (Wildman–Crippen LogP) is 2.25. The average Bonchev–Trinajstić information content (AvgIpc) is 3.49. The monoisotopic (exact) mass is 491 g/mol. The first-order valence-corrected chi connectivity index (χ1v) is 11.8. The van der Waals surface area contributed by atoms with E-state index in [4.69, 9.17) is 0 Å². The van der Waals surface area contributed by atoms with E-state index in [1.54, 1.807) is 30.3 Å². The molecule has 2 aromatic heterocycles. The van der Waals surface area contributed by atoms with Crippen molar-refractivity contribution >= 4 is 22.8 Å². The zero-order valence-electron chi connectivity index (χ0n) is 19.7. The Hall–Kier alpha value is -4.05. The van der Waals surface area contributed by atoms with Gasteiger partial charge in [0, 0.05) is 37.7 Å². The van der Waals surface area contributed by atoms with Gasteiger partial charge in [0.05, 0.1) is 6.54 Å². The number of H-pyrrole nitrogens is 1. The number of carbonyl (C=O) groups excluding carboxylic acids is 1. The van der Waals surface area contributed by atoms with Crippen LogP contribution in [0.1, 0.15) is 30.3 Å². The number of fused-ring (bicyclic) bond motifs is 1. The standard InChI is InChI=1S/C26H26FN5O4/c1-15(34)28-20-8-6-16(7-9-20)10-22-29-23-24(30-22)31(13-18-11-19(18)14-33)26(36)32(25(23)35)12-17-4-2-3-5-21(17)27/h2-9,18-19,33H,10-14H2,1H3,(H,28,34)(H,29,30). The van der Waals surface area contributed by atoms with Gasteiger partial charge in [-0.3, -0.25) is 18.7 Å². The topological polar surface area (TPSA) is 122 Å². The van der Waals surface area contributed by atoms with E-state index in [0.717, 1.165) is 16.6 Å². The molecule has 4 aromatic rings. The van der Waals surface area contributed by atoms with Gasteiger partial charge in [0.1, 0.15) is 17.2 Å². The third kappa shape index (κ3) is 4.72. The van der Waals surface area contributed by atoms with Crippen molar-refractivity contribution in [1.29, 1.82) is 0 Å². The summed E-state index contributed by atoms with van der Waals surface area (Å²) in [6.07, 6.45) is 1.16. The van der Waals surface area contributed by atoms with Crippen LogP contribution in [0.4, 0.5) is 10.1 Å². The van der Waals surface area contributed by atoms with Crippen LogP contribution >= 0.6 is 0 Å². The van der Waals surface area contributed by atoms with Gasteiger partial charge in [0.15, 0.2) is 5.65 Å². The van der Waals surface area contributed by atoms with Gasteiger partial charge in [0.25, 0.3) is 5.56 Å². The molecule has 1 fully saturated rings. The quantitative estimate of drug-likeness (QED) is 0.349. The zero-order valence-corrected chi connectivity index (χ0v) is 19.7. The molecule has 2 aromatic carbocycles. The Balaban J connectivity index is 1.54. The number of hydrogen-bond acceptors (Lipinski definition) is 5. The summed E-state index contributed by atoms with van der Waals surface area (Å²) in [6.45, 7) is 1.59. The van der Waals surface area contributed by atoms with Crippen LogP contribution < -0.4 is 16.6 Å². The van der Waals surface area contributed by atoms with Gasteiger partial charge >= 0.3 is 5.69 Å². The maximum absolute atomic E-state index is 14.3. The molecule has 2 unspecified atom stereocenters. The van der Waals surface area contributed by atoms with Crippen molar-refractivity contribution in [2.24, 2.45) is 11.8 Å². The number of hydrogen-bond donors (Lipinski definition) is 3. The molecular weight excluding hydrogens is 465 g/mol. The van der Waals surface area contributed by atoms with Gasteiger partial charge in [-0.05, 0) is 42.0 Å².